The lowest BCUT2D eigenvalue weighted by Gasteiger charge is -2.44. The number of nitrogens with two attached hydrogens (primary N) is 1. The molecule has 1 aliphatic rings. The van der Waals surface area contributed by atoms with Crippen LogP contribution in [0.3, 0.4) is 0 Å². The molecule has 1 aliphatic heterocycles. The van der Waals surface area contributed by atoms with Crippen LogP contribution in [0.15, 0.2) is 47.4 Å². The highest BCUT2D eigenvalue weighted by Crippen LogP contribution is 2.36. The molecule has 0 aliphatic carbocycles. The molecule has 1 fully saturated rings. The second-order valence-corrected chi connectivity index (χ2v) is 10.6. The third kappa shape index (κ3) is 7.75. The van der Waals surface area contributed by atoms with Crippen molar-refractivity contribution in [1.82, 2.24) is 15.3 Å². The van der Waals surface area contributed by atoms with Gasteiger partial charge in [0.15, 0.2) is 0 Å². The molecule has 3 rings (SSSR count). The Kier molecular flexibility index (Phi) is 8.89. The number of allylic oxidation sites excluding steroid dienone is 1. The Morgan fingerprint density at radius 2 is 1.95 bits per heavy atom. The number of halogens is 1. The van der Waals surface area contributed by atoms with Crippen molar-refractivity contribution in [1.29, 1.82) is 5.26 Å². The zero-order valence-corrected chi connectivity index (χ0v) is 22.6. The lowest BCUT2D eigenvalue weighted by atomic mass is 9.85. The summed E-state index contributed by atoms with van der Waals surface area (Å²) in [6.07, 6.45) is 6.74. The standard InChI is InChI=1S/C27H34ClN7O2/c1-6-19(13-29)33-24(36)18-9-7-17(8-10-18)23-22(28)16-32-25(35-23)34-21(14-30)15-31-20-11-26(2,3)37-27(4,5)12-20/h7-10,14-16,19-20H,6,11-12,30H2,1-5H3,(H,33,36)(H,32,34,35)/t19-/m0/s1. The van der Waals surface area contributed by atoms with Crippen molar-refractivity contribution in [2.75, 3.05) is 5.32 Å². The smallest absolute Gasteiger partial charge is 0.252 e. The van der Waals surface area contributed by atoms with E-state index < -0.39 is 6.04 Å². The van der Waals surface area contributed by atoms with Crippen LogP contribution in [0.4, 0.5) is 5.95 Å². The van der Waals surface area contributed by atoms with Crippen molar-refractivity contribution < 1.29 is 9.53 Å². The molecule has 37 heavy (non-hydrogen) atoms. The summed E-state index contributed by atoms with van der Waals surface area (Å²) in [5.41, 5.74) is 7.50. The minimum absolute atomic E-state index is 0.0914. The van der Waals surface area contributed by atoms with Gasteiger partial charge in [-0.1, -0.05) is 30.7 Å². The van der Waals surface area contributed by atoms with Gasteiger partial charge in [-0.3, -0.25) is 9.79 Å². The average Bonchev–Trinajstić information content (AvgIpc) is 2.84. The number of hydrogen-bond acceptors (Lipinski definition) is 8. The summed E-state index contributed by atoms with van der Waals surface area (Å²) >= 11 is 6.38. The van der Waals surface area contributed by atoms with E-state index in [1.54, 1.807) is 30.5 Å². The summed E-state index contributed by atoms with van der Waals surface area (Å²) in [7, 11) is 0. The van der Waals surface area contributed by atoms with E-state index in [9.17, 15) is 4.79 Å². The Balaban J connectivity index is 1.73. The quantitative estimate of drug-likeness (QED) is 0.420. The number of nitrogens with one attached hydrogen (secondary N) is 2. The van der Waals surface area contributed by atoms with E-state index in [4.69, 9.17) is 32.3 Å². The SMILES string of the molecule is CC[C@@H](C#N)NC(=O)c1ccc(-c2nc(NC(C=NC3CC(C)(C)OC(C)(C)C3)=CN)ncc2Cl)cc1. The maximum absolute atomic E-state index is 12.4. The van der Waals surface area contributed by atoms with Gasteiger partial charge in [0.2, 0.25) is 5.95 Å². The first-order chi connectivity index (χ1) is 17.4. The minimum atomic E-state index is -0.533. The molecule has 0 saturated carbocycles. The fourth-order valence-corrected chi connectivity index (χ4v) is 4.65. The Morgan fingerprint density at radius 3 is 2.51 bits per heavy atom. The highest BCUT2D eigenvalue weighted by atomic mass is 35.5. The molecule has 1 atom stereocenters. The van der Waals surface area contributed by atoms with Gasteiger partial charge in [0.25, 0.3) is 5.91 Å². The van der Waals surface area contributed by atoms with Crippen molar-refractivity contribution in [3.05, 3.63) is 52.9 Å². The van der Waals surface area contributed by atoms with Crippen LogP contribution in [0, 0.1) is 11.3 Å². The molecule has 10 heteroatoms. The van der Waals surface area contributed by atoms with Crippen LogP contribution in [-0.4, -0.2) is 45.4 Å². The molecule has 4 N–H and O–H groups in total. The molecule has 1 amide bonds. The largest absolute Gasteiger partial charge is 0.403 e. The molecule has 0 radical (unpaired) electrons. The van der Waals surface area contributed by atoms with Gasteiger partial charge in [0.05, 0.1) is 45.9 Å². The highest BCUT2D eigenvalue weighted by Gasteiger charge is 2.39. The molecule has 0 unspecified atom stereocenters. The second kappa shape index (κ2) is 11.7. The Labute approximate surface area is 223 Å². The molecule has 0 spiro atoms. The molecule has 1 aromatic heterocycles. The first-order valence-electron chi connectivity index (χ1n) is 12.2. The predicted octanol–water partition coefficient (Wildman–Crippen LogP) is 4.85. The molecule has 1 saturated heterocycles. The number of carbonyl (C=O) groups is 1. The van der Waals surface area contributed by atoms with Gasteiger partial charge in [-0.2, -0.15) is 5.26 Å². The van der Waals surface area contributed by atoms with E-state index >= 15 is 0 Å². The number of benzene rings is 1. The number of ether oxygens (including phenoxy) is 1. The fraction of sp³-hybridized carbons (Fsp3) is 0.444. The number of anilines is 1. The van der Waals surface area contributed by atoms with Crippen molar-refractivity contribution in [3.8, 4) is 17.3 Å². The molecule has 2 heterocycles. The number of nitrogens with zero attached hydrogens (tertiary/aromatic N) is 4. The van der Waals surface area contributed by atoms with Gasteiger partial charge >= 0.3 is 0 Å². The summed E-state index contributed by atoms with van der Waals surface area (Å²) in [6, 6.07) is 8.43. The molecule has 2 aromatic rings. The molecule has 9 nitrogen and oxygen atoms in total. The Bertz CT molecular complexity index is 1200. The maximum Gasteiger partial charge on any atom is 0.252 e. The normalized spacial score (nSPS) is 18.2. The number of amides is 1. The average molecular weight is 524 g/mol. The van der Waals surface area contributed by atoms with Gasteiger partial charge in [0.1, 0.15) is 6.04 Å². The number of hydrogen-bond donors (Lipinski definition) is 3. The molecule has 0 bridgehead atoms. The zero-order valence-electron chi connectivity index (χ0n) is 21.9. The second-order valence-electron chi connectivity index (χ2n) is 10.2. The summed E-state index contributed by atoms with van der Waals surface area (Å²) in [6.45, 7) is 10.1. The summed E-state index contributed by atoms with van der Waals surface area (Å²) in [5.74, 6) is -0.0128. The Hall–Kier alpha value is -3.48. The van der Waals surface area contributed by atoms with Gasteiger partial charge in [-0.05, 0) is 59.1 Å². The van der Waals surface area contributed by atoms with Gasteiger partial charge in [-0.15, -0.1) is 0 Å². The van der Waals surface area contributed by atoms with Crippen LogP contribution in [-0.2, 0) is 4.74 Å². The number of nitriles is 1. The van der Waals surface area contributed by atoms with Crippen LogP contribution in [0.25, 0.3) is 11.3 Å². The van der Waals surface area contributed by atoms with Crippen molar-refractivity contribution >= 4 is 29.7 Å². The number of aliphatic imine (C=N–C) groups is 1. The summed E-state index contributed by atoms with van der Waals surface area (Å²) in [4.78, 5) is 25.9. The fourth-order valence-electron chi connectivity index (χ4n) is 4.45. The van der Waals surface area contributed by atoms with E-state index in [0.29, 0.717) is 39.9 Å². The molecular formula is C27H34ClN7O2. The lowest BCUT2D eigenvalue weighted by Crippen LogP contribution is -2.46. The number of aromatic nitrogens is 2. The van der Waals surface area contributed by atoms with Crippen LogP contribution >= 0.6 is 11.6 Å². The van der Waals surface area contributed by atoms with Crippen LogP contribution < -0.4 is 16.4 Å². The van der Waals surface area contributed by atoms with Crippen molar-refractivity contribution in [3.63, 3.8) is 0 Å². The van der Waals surface area contributed by atoms with Crippen molar-refractivity contribution in [2.24, 2.45) is 10.7 Å². The van der Waals surface area contributed by atoms with E-state index in [1.807, 2.05) is 6.92 Å². The first kappa shape index (κ1) is 28.1. The number of rotatable bonds is 8. The third-order valence-electron chi connectivity index (χ3n) is 5.90. The number of carbonyl (C=O) groups excluding carboxylic acids is 1. The molecule has 196 valence electrons. The van der Waals surface area contributed by atoms with E-state index in [0.717, 1.165) is 12.8 Å². The summed E-state index contributed by atoms with van der Waals surface area (Å²) in [5, 5.41) is 15.2. The molecule has 1 aromatic carbocycles. The van der Waals surface area contributed by atoms with Crippen LogP contribution in [0.1, 0.15) is 64.2 Å². The predicted molar refractivity (Wildman–Crippen MR) is 146 cm³/mol. The zero-order chi connectivity index (χ0) is 27.2. The van der Waals surface area contributed by atoms with E-state index in [2.05, 4.69) is 54.4 Å². The third-order valence-corrected chi connectivity index (χ3v) is 6.18. The van der Waals surface area contributed by atoms with Gasteiger partial charge in [0, 0.05) is 23.5 Å². The lowest BCUT2D eigenvalue weighted by molar-refractivity contribution is -0.160. The van der Waals surface area contributed by atoms with Crippen molar-refractivity contribution in [2.45, 2.75) is 77.2 Å². The van der Waals surface area contributed by atoms with E-state index in [-0.39, 0.29) is 23.2 Å². The van der Waals surface area contributed by atoms with E-state index in [1.165, 1.54) is 12.4 Å². The van der Waals surface area contributed by atoms with Gasteiger partial charge in [-0.25, -0.2) is 9.97 Å². The maximum atomic E-state index is 12.4. The Morgan fingerprint density at radius 1 is 1.30 bits per heavy atom. The monoisotopic (exact) mass is 523 g/mol. The van der Waals surface area contributed by atoms with Gasteiger partial charge < -0.3 is 21.1 Å². The minimum Gasteiger partial charge on any atom is -0.403 e. The first-order valence-corrected chi connectivity index (χ1v) is 12.6. The van der Waals surface area contributed by atoms with Crippen LogP contribution in [0.5, 0.6) is 0 Å². The molecular weight excluding hydrogens is 490 g/mol. The topological polar surface area (TPSA) is 138 Å². The van der Waals surface area contributed by atoms with Crippen LogP contribution in [0.2, 0.25) is 5.02 Å². The summed E-state index contributed by atoms with van der Waals surface area (Å²) < 4.78 is 6.14. The highest BCUT2D eigenvalue weighted by molar-refractivity contribution is 6.32.